The van der Waals surface area contributed by atoms with Crippen LogP contribution < -0.4 is 0 Å². The first-order chi connectivity index (χ1) is 6.20. The standard InChI is InChI=1S/C9H6BrNO2/c10-8(11)7-5-3-1-2-4-6(5)9(12)13-7/h1-4,11-12H. The summed E-state index contributed by atoms with van der Waals surface area (Å²) in [6.45, 7) is 0. The number of rotatable bonds is 1. The molecule has 4 heteroatoms. The Kier molecular flexibility index (Phi) is 1.84. The molecule has 0 radical (unpaired) electrons. The number of fused-ring (bicyclic) bond motifs is 1. The third kappa shape index (κ3) is 1.23. The Balaban J connectivity index is 2.85. The van der Waals surface area contributed by atoms with Gasteiger partial charge >= 0.3 is 0 Å². The summed E-state index contributed by atoms with van der Waals surface area (Å²) in [6.07, 6.45) is 0. The Hall–Kier alpha value is -1.29. The van der Waals surface area contributed by atoms with E-state index in [1.165, 1.54) is 0 Å². The van der Waals surface area contributed by atoms with E-state index in [0.717, 1.165) is 5.39 Å². The largest absolute Gasteiger partial charge is 0.480 e. The Morgan fingerprint density at radius 3 is 2.54 bits per heavy atom. The zero-order valence-corrected chi connectivity index (χ0v) is 8.13. The SMILES string of the molecule is N=C(Br)c1oc(O)c2ccccc12. The Labute approximate surface area is 82.6 Å². The van der Waals surface area contributed by atoms with Crippen LogP contribution in [0.15, 0.2) is 28.7 Å². The summed E-state index contributed by atoms with van der Waals surface area (Å²) < 4.78 is 5.14. The van der Waals surface area contributed by atoms with Gasteiger partial charge in [0.25, 0.3) is 5.95 Å². The Morgan fingerprint density at radius 2 is 1.92 bits per heavy atom. The van der Waals surface area contributed by atoms with Crippen molar-refractivity contribution in [2.75, 3.05) is 0 Å². The van der Waals surface area contributed by atoms with Crippen LogP contribution in [0.3, 0.4) is 0 Å². The van der Waals surface area contributed by atoms with Crippen molar-refractivity contribution in [2.45, 2.75) is 0 Å². The van der Waals surface area contributed by atoms with Gasteiger partial charge in [0.05, 0.1) is 5.39 Å². The van der Waals surface area contributed by atoms with Crippen LogP contribution in [0.25, 0.3) is 10.8 Å². The smallest absolute Gasteiger partial charge is 0.290 e. The molecule has 0 aliphatic heterocycles. The van der Waals surface area contributed by atoms with Gasteiger partial charge in [-0.15, -0.1) is 0 Å². The minimum absolute atomic E-state index is 0.129. The molecule has 0 saturated carbocycles. The third-order valence-electron chi connectivity index (χ3n) is 1.80. The van der Waals surface area contributed by atoms with Crippen LogP contribution in [0.2, 0.25) is 0 Å². The molecule has 0 unspecified atom stereocenters. The highest BCUT2D eigenvalue weighted by Crippen LogP contribution is 2.31. The number of halogens is 1. The number of benzene rings is 1. The zero-order chi connectivity index (χ0) is 9.42. The van der Waals surface area contributed by atoms with Crippen molar-refractivity contribution in [1.82, 2.24) is 0 Å². The maximum atomic E-state index is 9.36. The van der Waals surface area contributed by atoms with E-state index >= 15 is 0 Å². The molecule has 0 atom stereocenters. The van der Waals surface area contributed by atoms with Gasteiger partial charge in [-0.1, -0.05) is 18.2 Å². The van der Waals surface area contributed by atoms with Crippen molar-refractivity contribution in [1.29, 1.82) is 5.41 Å². The monoisotopic (exact) mass is 239 g/mol. The summed E-state index contributed by atoms with van der Waals surface area (Å²) in [7, 11) is 0. The van der Waals surface area contributed by atoms with Gasteiger partial charge in [-0.3, -0.25) is 5.41 Å². The fourth-order valence-corrected chi connectivity index (χ4v) is 1.53. The van der Waals surface area contributed by atoms with E-state index in [9.17, 15) is 5.11 Å². The van der Waals surface area contributed by atoms with E-state index in [2.05, 4.69) is 15.9 Å². The van der Waals surface area contributed by atoms with Gasteiger partial charge in [0.1, 0.15) is 4.62 Å². The van der Waals surface area contributed by atoms with Crippen molar-refractivity contribution >= 4 is 31.3 Å². The van der Waals surface area contributed by atoms with Gasteiger partial charge in [-0.05, 0) is 22.0 Å². The maximum Gasteiger partial charge on any atom is 0.290 e. The summed E-state index contributed by atoms with van der Waals surface area (Å²) in [6, 6.07) is 7.17. The van der Waals surface area contributed by atoms with Crippen molar-refractivity contribution in [3.8, 4) is 5.95 Å². The van der Waals surface area contributed by atoms with Crippen LogP contribution >= 0.6 is 15.9 Å². The maximum absolute atomic E-state index is 9.36. The Bertz CT molecular complexity index is 475. The molecule has 0 bridgehead atoms. The van der Waals surface area contributed by atoms with E-state index < -0.39 is 0 Å². The molecule has 13 heavy (non-hydrogen) atoms. The number of nitrogens with one attached hydrogen (secondary N) is 1. The first-order valence-electron chi connectivity index (χ1n) is 3.65. The minimum Gasteiger partial charge on any atom is -0.480 e. The lowest BCUT2D eigenvalue weighted by Crippen LogP contribution is -1.83. The lowest BCUT2D eigenvalue weighted by molar-refractivity contribution is 0.336. The van der Waals surface area contributed by atoms with Crippen molar-refractivity contribution in [2.24, 2.45) is 0 Å². The van der Waals surface area contributed by atoms with Crippen molar-refractivity contribution < 1.29 is 9.52 Å². The molecule has 3 nitrogen and oxygen atoms in total. The fraction of sp³-hybridized carbons (Fsp3) is 0. The van der Waals surface area contributed by atoms with E-state index in [1.807, 2.05) is 6.07 Å². The lowest BCUT2D eigenvalue weighted by atomic mass is 10.2. The van der Waals surface area contributed by atoms with Gasteiger partial charge in [0.15, 0.2) is 5.76 Å². The molecule has 1 aromatic heterocycles. The van der Waals surface area contributed by atoms with Gasteiger partial charge in [-0.2, -0.15) is 0 Å². The molecule has 1 heterocycles. The minimum atomic E-state index is -0.144. The van der Waals surface area contributed by atoms with Crippen molar-refractivity contribution in [3.63, 3.8) is 0 Å². The second-order valence-electron chi connectivity index (χ2n) is 2.60. The summed E-state index contributed by atoms with van der Waals surface area (Å²) >= 11 is 3.00. The van der Waals surface area contributed by atoms with E-state index in [4.69, 9.17) is 9.83 Å². The molecule has 1 aromatic carbocycles. The number of aromatic hydroxyl groups is 1. The van der Waals surface area contributed by atoms with Gasteiger partial charge in [-0.25, -0.2) is 0 Å². The van der Waals surface area contributed by atoms with E-state index in [-0.39, 0.29) is 10.6 Å². The molecule has 0 spiro atoms. The van der Waals surface area contributed by atoms with Crippen LogP contribution in [0.4, 0.5) is 0 Å². The normalized spacial score (nSPS) is 10.5. The molecular formula is C9H6BrNO2. The molecule has 2 rings (SSSR count). The summed E-state index contributed by atoms with van der Waals surface area (Å²) in [5.41, 5.74) is 0. The fourth-order valence-electron chi connectivity index (χ4n) is 1.24. The van der Waals surface area contributed by atoms with E-state index in [1.54, 1.807) is 18.2 Å². The average molecular weight is 240 g/mol. The molecule has 2 aromatic rings. The highest BCUT2D eigenvalue weighted by molar-refractivity contribution is 9.18. The molecule has 0 aliphatic rings. The second-order valence-corrected chi connectivity index (χ2v) is 3.39. The molecule has 0 aliphatic carbocycles. The van der Waals surface area contributed by atoms with Gasteiger partial charge in [0.2, 0.25) is 0 Å². The molecule has 2 N–H and O–H groups in total. The van der Waals surface area contributed by atoms with E-state index in [0.29, 0.717) is 11.1 Å². The number of hydrogen-bond acceptors (Lipinski definition) is 3. The van der Waals surface area contributed by atoms with Gasteiger partial charge in [0, 0.05) is 5.39 Å². The number of hydrogen-bond donors (Lipinski definition) is 2. The van der Waals surface area contributed by atoms with Crippen LogP contribution in [-0.4, -0.2) is 9.73 Å². The summed E-state index contributed by atoms with van der Waals surface area (Å²) in [5.74, 6) is 0.211. The first kappa shape index (κ1) is 8.31. The van der Waals surface area contributed by atoms with Gasteiger partial charge < -0.3 is 9.52 Å². The predicted molar refractivity (Wildman–Crippen MR) is 53.6 cm³/mol. The second kappa shape index (κ2) is 2.88. The summed E-state index contributed by atoms with van der Waals surface area (Å²) in [4.78, 5) is 0. The van der Waals surface area contributed by atoms with Crippen LogP contribution in [-0.2, 0) is 0 Å². The zero-order valence-electron chi connectivity index (χ0n) is 6.54. The molecular weight excluding hydrogens is 234 g/mol. The predicted octanol–water partition coefficient (Wildman–Crippen LogP) is 2.86. The highest BCUT2D eigenvalue weighted by Gasteiger charge is 2.13. The lowest BCUT2D eigenvalue weighted by Gasteiger charge is -1.89. The van der Waals surface area contributed by atoms with Crippen LogP contribution in [0.1, 0.15) is 5.76 Å². The summed E-state index contributed by atoms with van der Waals surface area (Å²) in [5, 5.41) is 18.1. The van der Waals surface area contributed by atoms with Crippen LogP contribution in [0.5, 0.6) is 5.95 Å². The topological polar surface area (TPSA) is 57.2 Å². The molecule has 0 fully saturated rings. The Morgan fingerprint density at radius 1 is 1.31 bits per heavy atom. The molecule has 0 saturated heterocycles. The third-order valence-corrected chi connectivity index (χ3v) is 2.16. The van der Waals surface area contributed by atoms with Crippen LogP contribution in [0, 0.1) is 5.41 Å². The molecule has 66 valence electrons. The quantitative estimate of drug-likeness (QED) is 0.753. The first-order valence-corrected chi connectivity index (χ1v) is 4.44. The molecule has 0 amide bonds. The highest BCUT2D eigenvalue weighted by atomic mass is 79.9. The average Bonchev–Trinajstić information content (AvgIpc) is 2.45. The van der Waals surface area contributed by atoms with Crippen molar-refractivity contribution in [3.05, 3.63) is 30.0 Å². The number of furan rings is 1.